The summed E-state index contributed by atoms with van der Waals surface area (Å²) in [6.45, 7) is 2.04. The third-order valence-electron chi connectivity index (χ3n) is 4.13. The van der Waals surface area contributed by atoms with Gasteiger partial charge in [-0.1, -0.05) is 71.9 Å². The summed E-state index contributed by atoms with van der Waals surface area (Å²) in [6, 6.07) is 17.7. The molecule has 0 saturated carbocycles. The third-order valence-corrected chi connectivity index (χ3v) is 5.83. The number of hydrogen-bond donors (Lipinski definition) is 2. The van der Waals surface area contributed by atoms with E-state index in [0.29, 0.717) is 16.1 Å². The topological polar surface area (TPSA) is 98.7 Å². The first kappa shape index (κ1) is 19.2. The molecule has 1 amide bonds. The van der Waals surface area contributed by atoms with Crippen LogP contribution < -0.4 is 11.2 Å². The van der Waals surface area contributed by atoms with Gasteiger partial charge in [0.2, 0.25) is 11.1 Å². The summed E-state index contributed by atoms with van der Waals surface area (Å²) >= 11 is 2.62. The molecule has 0 unspecified atom stereocenters. The number of hydrogen-bond acceptors (Lipinski definition) is 7. The van der Waals surface area contributed by atoms with Crippen LogP contribution in [0.4, 0.5) is 5.13 Å². The smallest absolute Gasteiger partial charge is 0.236 e. The molecule has 0 radical (unpaired) electrons. The van der Waals surface area contributed by atoms with Crippen molar-refractivity contribution in [3.63, 3.8) is 0 Å². The van der Waals surface area contributed by atoms with E-state index in [9.17, 15) is 4.79 Å². The van der Waals surface area contributed by atoms with Gasteiger partial charge >= 0.3 is 0 Å². The number of benzene rings is 2. The molecule has 0 aliphatic heterocycles. The van der Waals surface area contributed by atoms with Gasteiger partial charge in [0.1, 0.15) is 0 Å². The Morgan fingerprint density at radius 1 is 1.10 bits per heavy atom. The summed E-state index contributed by atoms with van der Waals surface area (Å²) in [7, 11) is 0. The molecule has 0 spiro atoms. The fourth-order valence-electron chi connectivity index (χ4n) is 2.63. The Hall–Kier alpha value is -3.17. The zero-order valence-electron chi connectivity index (χ0n) is 15.6. The predicted octanol–water partition coefficient (Wildman–Crippen LogP) is 3.82. The molecule has 4 rings (SSSR count). The second-order valence-electron chi connectivity index (χ2n) is 6.28. The van der Waals surface area contributed by atoms with Gasteiger partial charge in [-0.05, 0) is 6.92 Å². The highest BCUT2D eigenvalue weighted by atomic mass is 32.2. The molecule has 2 aromatic heterocycles. The predicted molar refractivity (Wildman–Crippen MR) is 117 cm³/mol. The van der Waals surface area contributed by atoms with E-state index < -0.39 is 0 Å². The van der Waals surface area contributed by atoms with Crippen molar-refractivity contribution in [3.8, 4) is 22.6 Å². The average molecular weight is 423 g/mol. The van der Waals surface area contributed by atoms with E-state index in [1.807, 2.05) is 66.9 Å². The number of aromatic nitrogens is 4. The van der Waals surface area contributed by atoms with E-state index in [2.05, 4.69) is 20.5 Å². The number of rotatable bonds is 6. The quantitative estimate of drug-likeness (QED) is 0.362. The van der Waals surface area contributed by atoms with Crippen molar-refractivity contribution in [2.45, 2.75) is 12.1 Å². The summed E-state index contributed by atoms with van der Waals surface area (Å²) in [5.41, 5.74) is 3.92. The summed E-state index contributed by atoms with van der Waals surface area (Å²) in [4.78, 5) is 16.8. The number of thiazole rings is 1. The number of carbonyl (C=O) groups excluding carboxylic acids is 1. The standard InChI is InChI=1S/C20H18N6OS2/c1-13-7-9-14(10-8-13)16-11-28-19(22-16)23-17(27)12-29-20-25-24-18(26(20)21)15-5-3-2-4-6-15/h2-11H,12,21H2,1H3,(H,22,23,27). The maximum Gasteiger partial charge on any atom is 0.236 e. The molecular weight excluding hydrogens is 404 g/mol. The van der Waals surface area contributed by atoms with Crippen LogP contribution in [0.5, 0.6) is 0 Å². The fourth-order valence-corrected chi connectivity index (χ4v) is 4.03. The van der Waals surface area contributed by atoms with Crippen LogP contribution in [0.3, 0.4) is 0 Å². The lowest BCUT2D eigenvalue weighted by molar-refractivity contribution is -0.113. The molecule has 0 aliphatic rings. The van der Waals surface area contributed by atoms with Crippen molar-refractivity contribution in [1.82, 2.24) is 19.9 Å². The average Bonchev–Trinajstić information content (AvgIpc) is 3.34. The maximum absolute atomic E-state index is 12.3. The summed E-state index contributed by atoms with van der Waals surface area (Å²) in [6.07, 6.45) is 0. The van der Waals surface area contributed by atoms with Crippen molar-refractivity contribution >= 4 is 34.1 Å². The number of nitrogens with two attached hydrogens (primary N) is 1. The zero-order chi connectivity index (χ0) is 20.2. The van der Waals surface area contributed by atoms with Gasteiger partial charge in [-0.2, -0.15) is 0 Å². The van der Waals surface area contributed by atoms with E-state index in [1.54, 1.807) is 0 Å². The molecule has 0 saturated heterocycles. The molecule has 9 heteroatoms. The molecule has 0 aliphatic carbocycles. The first-order valence-electron chi connectivity index (χ1n) is 8.81. The van der Waals surface area contributed by atoms with Gasteiger partial charge in [-0.3, -0.25) is 4.79 Å². The first-order chi connectivity index (χ1) is 14.1. The lowest BCUT2D eigenvalue weighted by Gasteiger charge is -2.04. The monoisotopic (exact) mass is 422 g/mol. The van der Waals surface area contributed by atoms with Gasteiger partial charge in [0.25, 0.3) is 0 Å². The highest BCUT2D eigenvalue weighted by molar-refractivity contribution is 7.99. The number of nitrogens with zero attached hydrogens (tertiary/aromatic N) is 4. The minimum absolute atomic E-state index is 0.156. The molecule has 3 N–H and O–H groups in total. The molecule has 2 heterocycles. The normalized spacial score (nSPS) is 10.8. The molecule has 146 valence electrons. The van der Waals surface area contributed by atoms with E-state index >= 15 is 0 Å². The molecule has 7 nitrogen and oxygen atoms in total. The number of nitrogens with one attached hydrogen (secondary N) is 1. The molecular formula is C20H18N6OS2. The highest BCUT2D eigenvalue weighted by Gasteiger charge is 2.14. The van der Waals surface area contributed by atoms with Gasteiger partial charge in [-0.25, -0.2) is 9.66 Å². The van der Waals surface area contributed by atoms with Crippen LogP contribution in [0.1, 0.15) is 5.56 Å². The zero-order valence-corrected chi connectivity index (χ0v) is 17.2. The third kappa shape index (κ3) is 4.47. The number of anilines is 1. The van der Waals surface area contributed by atoms with Crippen LogP contribution in [0.15, 0.2) is 65.1 Å². The van der Waals surface area contributed by atoms with Crippen molar-refractivity contribution < 1.29 is 4.79 Å². The lowest BCUT2D eigenvalue weighted by Crippen LogP contribution is -2.16. The largest absolute Gasteiger partial charge is 0.335 e. The Kier molecular flexibility index (Phi) is 5.59. The van der Waals surface area contributed by atoms with Crippen LogP contribution in [-0.2, 0) is 4.79 Å². The number of nitrogen functional groups attached to an aromatic ring is 1. The van der Waals surface area contributed by atoms with Crippen LogP contribution in [0.2, 0.25) is 0 Å². The van der Waals surface area contributed by atoms with Crippen LogP contribution >= 0.6 is 23.1 Å². The number of carbonyl (C=O) groups is 1. The molecule has 29 heavy (non-hydrogen) atoms. The molecule has 0 bridgehead atoms. The summed E-state index contributed by atoms with van der Waals surface area (Å²) < 4.78 is 1.40. The van der Waals surface area contributed by atoms with Crippen LogP contribution in [0.25, 0.3) is 22.6 Å². The first-order valence-corrected chi connectivity index (χ1v) is 10.7. The van der Waals surface area contributed by atoms with E-state index in [0.717, 1.165) is 16.8 Å². The summed E-state index contributed by atoms with van der Waals surface area (Å²) in [5.74, 6) is 6.61. The van der Waals surface area contributed by atoms with Crippen LogP contribution in [0, 0.1) is 6.92 Å². The van der Waals surface area contributed by atoms with Crippen molar-refractivity contribution in [3.05, 3.63) is 65.5 Å². The Morgan fingerprint density at radius 3 is 2.62 bits per heavy atom. The Balaban J connectivity index is 1.36. The SMILES string of the molecule is Cc1ccc(-c2csc(NC(=O)CSc3nnc(-c4ccccc4)n3N)n2)cc1. The molecule has 0 atom stereocenters. The Morgan fingerprint density at radius 2 is 1.86 bits per heavy atom. The Bertz CT molecular complexity index is 1120. The van der Waals surface area contributed by atoms with Crippen molar-refractivity contribution in [1.29, 1.82) is 0 Å². The summed E-state index contributed by atoms with van der Waals surface area (Å²) in [5, 5.41) is 14.0. The number of thioether (sulfide) groups is 1. The van der Waals surface area contributed by atoms with Gasteiger partial charge in [-0.15, -0.1) is 21.5 Å². The van der Waals surface area contributed by atoms with Crippen LogP contribution in [-0.4, -0.2) is 31.5 Å². The second-order valence-corrected chi connectivity index (χ2v) is 8.08. The lowest BCUT2D eigenvalue weighted by atomic mass is 10.1. The van der Waals surface area contributed by atoms with Gasteiger partial charge in [0, 0.05) is 16.5 Å². The molecule has 0 fully saturated rings. The van der Waals surface area contributed by atoms with E-state index in [4.69, 9.17) is 5.84 Å². The Labute approximate surface area is 176 Å². The molecule has 4 aromatic rings. The fraction of sp³-hybridized carbons (Fsp3) is 0.100. The number of aryl methyl sites for hydroxylation is 1. The van der Waals surface area contributed by atoms with Gasteiger partial charge in [0.05, 0.1) is 11.4 Å². The van der Waals surface area contributed by atoms with Crippen molar-refractivity contribution in [2.75, 3.05) is 16.9 Å². The van der Waals surface area contributed by atoms with Gasteiger partial charge in [0.15, 0.2) is 11.0 Å². The van der Waals surface area contributed by atoms with Crippen molar-refractivity contribution in [2.24, 2.45) is 0 Å². The second kappa shape index (κ2) is 8.46. The van der Waals surface area contributed by atoms with E-state index in [-0.39, 0.29) is 11.7 Å². The molecule has 2 aromatic carbocycles. The number of amides is 1. The maximum atomic E-state index is 12.3. The highest BCUT2D eigenvalue weighted by Crippen LogP contribution is 2.26. The minimum atomic E-state index is -0.177. The van der Waals surface area contributed by atoms with Gasteiger partial charge < -0.3 is 11.2 Å². The van der Waals surface area contributed by atoms with E-state index in [1.165, 1.54) is 33.3 Å². The minimum Gasteiger partial charge on any atom is -0.335 e.